The molecule has 2 N–H and O–H groups in total. The van der Waals surface area contributed by atoms with Crippen molar-refractivity contribution in [2.75, 3.05) is 12.3 Å². The van der Waals surface area contributed by atoms with E-state index in [2.05, 4.69) is 0 Å². The summed E-state index contributed by atoms with van der Waals surface area (Å²) in [6.07, 6.45) is 1.83. The van der Waals surface area contributed by atoms with Gasteiger partial charge in [-0.05, 0) is 25.5 Å². The minimum Gasteiger partial charge on any atom is -1.00 e. The first-order valence-corrected chi connectivity index (χ1v) is 4.54. The van der Waals surface area contributed by atoms with E-state index in [0.29, 0.717) is 12.4 Å². The van der Waals surface area contributed by atoms with Gasteiger partial charge in [-0.2, -0.15) is 0 Å². The molecule has 0 aliphatic heterocycles. The monoisotopic (exact) mass is 274 g/mol. The Balaban J connectivity index is 0.00000196. The van der Waals surface area contributed by atoms with Gasteiger partial charge in [0.2, 0.25) is 0 Å². The molecule has 4 nitrogen and oxygen atoms in total. The second-order valence-corrected chi connectivity index (χ2v) is 3.06. The third kappa shape index (κ3) is 4.29. The minimum absolute atomic E-state index is 0. The number of anilines is 1. The number of rotatable bonds is 3. The van der Waals surface area contributed by atoms with Crippen LogP contribution in [0.15, 0.2) is 18.3 Å². The van der Waals surface area contributed by atoms with Crippen molar-refractivity contribution in [3.8, 4) is 0 Å². The van der Waals surface area contributed by atoms with E-state index < -0.39 is 0 Å². The first kappa shape index (κ1) is 13.9. The van der Waals surface area contributed by atoms with Crippen molar-refractivity contribution in [3.63, 3.8) is 0 Å². The second-order valence-electron chi connectivity index (χ2n) is 3.06. The summed E-state index contributed by atoms with van der Waals surface area (Å²) in [5.41, 5.74) is 6.75. The van der Waals surface area contributed by atoms with Gasteiger partial charge < -0.3 is 21.7 Å². The van der Waals surface area contributed by atoms with E-state index in [9.17, 15) is 4.79 Å². The first-order chi connectivity index (χ1) is 6.63. The molecule has 0 saturated carbocycles. The van der Waals surface area contributed by atoms with E-state index in [1.807, 2.05) is 19.2 Å². The molecular weight excluding hydrogens is 260 g/mol. The number of ether oxygens (including phenoxy) is 1. The van der Waals surface area contributed by atoms with Crippen molar-refractivity contribution in [2.45, 2.75) is 20.4 Å². The topological polar surface area (TPSA) is 56.2 Å². The average Bonchev–Trinajstić information content (AvgIpc) is 2.12. The molecule has 1 aromatic rings. The highest BCUT2D eigenvalue weighted by Gasteiger charge is 2.10. The van der Waals surface area contributed by atoms with Crippen molar-refractivity contribution in [1.29, 1.82) is 0 Å². The van der Waals surface area contributed by atoms with Gasteiger partial charge in [-0.1, -0.05) is 0 Å². The lowest BCUT2D eigenvalue weighted by Crippen LogP contribution is -3.00. The van der Waals surface area contributed by atoms with E-state index >= 15 is 0 Å². The summed E-state index contributed by atoms with van der Waals surface area (Å²) in [4.78, 5) is 11.2. The van der Waals surface area contributed by atoms with Crippen LogP contribution in [0.2, 0.25) is 0 Å². The number of nitrogens with two attached hydrogens (primary N) is 1. The van der Waals surface area contributed by atoms with Gasteiger partial charge >= 0.3 is 5.97 Å². The highest BCUT2D eigenvalue weighted by Crippen LogP contribution is 1.97. The second kappa shape index (κ2) is 6.40. The molecule has 0 unspecified atom stereocenters. The van der Waals surface area contributed by atoms with Gasteiger partial charge in [-0.25, -0.2) is 9.36 Å². The Hall–Kier alpha value is -1.10. The summed E-state index contributed by atoms with van der Waals surface area (Å²) in [5.74, 6) is 0.290. The summed E-state index contributed by atoms with van der Waals surface area (Å²) in [7, 11) is 0. The molecule has 15 heavy (non-hydrogen) atoms. The molecule has 1 rings (SSSR count). The molecule has 0 spiro atoms. The Morgan fingerprint density at radius 1 is 1.53 bits per heavy atom. The van der Waals surface area contributed by atoms with E-state index in [4.69, 9.17) is 10.5 Å². The number of carbonyl (C=O) groups is 1. The van der Waals surface area contributed by atoms with Gasteiger partial charge in [-0.3, -0.25) is 5.73 Å². The highest BCUT2D eigenvalue weighted by molar-refractivity contribution is 5.67. The van der Waals surface area contributed by atoms with Crippen LogP contribution in [-0.2, 0) is 16.1 Å². The maximum atomic E-state index is 11.2. The SMILES string of the molecule is CCOC(=O)C[n+]1cc(C)ccc1N.[Br-]. The van der Waals surface area contributed by atoms with Crippen molar-refractivity contribution in [3.05, 3.63) is 23.9 Å². The zero-order valence-electron chi connectivity index (χ0n) is 8.87. The normalized spacial score (nSPS) is 9.20. The van der Waals surface area contributed by atoms with Crippen LogP contribution in [0, 0.1) is 6.92 Å². The standard InChI is InChI=1S/C10H14N2O2.BrH/c1-3-14-10(13)7-12-6-8(2)4-5-9(12)11;/h4-6,11H,3,7H2,1-2H3;1H. The van der Waals surface area contributed by atoms with Crippen LogP contribution >= 0.6 is 0 Å². The molecule has 0 atom stereocenters. The largest absolute Gasteiger partial charge is 1.00 e. The molecule has 0 aliphatic carbocycles. The number of carbonyl (C=O) groups excluding carboxylic acids is 1. The maximum absolute atomic E-state index is 11.2. The van der Waals surface area contributed by atoms with Crippen LogP contribution in [0.1, 0.15) is 12.5 Å². The van der Waals surface area contributed by atoms with E-state index in [-0.39, 0.29) is 29.5 Å². The lowest BCUT2D eigenvalue weighted by molar-refractivity contribution is -0.672. The summed E-state index contributed by atoms with van der Waals surface area (Å²) in [5, 5.41) is 0. The first-order valence-electron chi connectivity index (χ1n) is 4.54. The molecule has 0 saturated heterocycles. The fourth-order valence-corrected chi connectivity index (χ4v) is 1.16. The van der Waals surface area contributed by atoms with Gasteiger partial charge in [0, 0.05) is 6.07 Å². The molecule has 0 aromatic carbocycles. The number of hydrogen-bond acceptors (Lipinski definition) is 3. The number of halogens is 1. The summed E-state index contributed by atoms with van der Waals surface area (Å²) in [6, 6.07) is 3.67. The molecule has 84 valence electrons. The number of pyridine rings is 1. The number of aromatic nitrogens is 1. The van der Waals surface area contributed by atoms with Crippen LogP contribution in [0.25, 0.3) is 0 Å². The zero-order valence-corrected chi connectivity index (χ0v) is 10.5. The number of esters is 1. The van der Waals surface area contributed by atoms with Gasteiger partial charge in [0.1, 0.15) is 0 Å². The lowest BCUT2D eigenvalue weighted by Gasteiger charge is -2.03. The van der Waals surface area contributed by atoms with Crippen molar-refractivity contribution in [1.82, 2.24) is 0 Å². The molecule has 0 radical (unpaired) electrons. The Kier molecular flexibility index (Phi) is 5.93. The summed E-state index contributed by atoms with van der Waals surface area (Å²) in [6.45, 7) is 4.29. The predicted molar refractivity (Wildman–Crippen MR) is 52.4 cm³/mol. The Morgan fingerprint density at radius 3 is 2.80 bits per heavy atom. The molecule has 5 heteroatoms. The van der Waals surface area contributed by atoms with E-state index in [0.717, 1.165) is 5.56 Å². The van der Waals surface area contributed by atoms with Crippen molar-refractivity contribution < 1.29 is 31.1 Å². The third-order valence-corrected chi connectivity index (χ3v) is 1.81. The van der Waals surface area contributed by atoms with Crippen LogP contribution < -0.4 is 27.3 Å². The number of hydrogen-bond donors (Lipinski definition) is 1. The molecule has 1 aromatic heterocycles. The summed E-state index contributed by atoms with van der Waals surface area (Å²) >= 11 is 0. The van der Waals surface area contributed by atoms with Crippen molar-refractivity contribution >= 4 is 11.8 Å². The Morgan fingerprint density at radius 2 is 2.20 bits per heavy atom. The van der Waals surface area contributed by atoms with Crippen LogP contribution in [0.3, 0.4) is 0 Å². The minimum atomic E-state index is -0.269. The quantitative estimate of drug-likeness (QED) is 0.487. The van der Waals surface area contributed by atoms with E-state index in [1.165, 1.54) is 0 Å². The Labute approximate surface area is 99.8 Å². The number of nitrogen functional groups attached to an aromatic ring is 1. The molecule has 1 heterocycles. The smallest absolute Gasteiger partial charge is 0.348 e. The predicted octanol–water partition coefficient (Wildman–Crippen LogP) is -2.57. The van der Waals surface area contributed by atoms with Gasteiger partial charge in [0.05, 0.1) is 12.8 Å². The average molecular weight is 275 g/mol. The molecule has 0 amide bonds. The highest BCUT2D eigenvalue weighted by atomic mass is 79.9. The number of aryl methyl sites for hydroxylation is 1. The van der Waals surface area contributed by atoms with Gasteiger partial charge in [-0.15, -0.1) is 0 Å². The molecule has 0 aliphatic rings. The molecular formula is C10H15BrN2O2. The Bertz CT molecular complexity index is 342. The fourth-order valence-electron chi connectivity index (χ4n) is 1.16. The van der Waals surface area contributed by atoms with Crippen LogP contribution in [-0.4, -0.2) is 12.6 Å². The third-order valence-electron chi connectivity index (χ3n) is 1.81. The van der Waals surface area contributed by atoms with Crippen LogP contribution in [0.4, 0.5) is 5.82 Å². The maximum Gasteiger partial charge on any atom is 0.348 e. The summed E-state index contributed by atoms with van der Waals surface area (Å²) < 4.78 is 6.50. The van der Waals surface area contributed by atoms with Gasteiger partial charge in [0.15, 0.2) is 6.54 Å². The van der Waals surface area contributed by atoms with Crippen molar-refractivity contribution in [2.24, 2.45) is 0 Å². The van der Waals surface area contributed by atoms with Crippen LogP contribution in [0.5, 0.6) is 0 Å². The lowest BCUT2D eigenvalue weighted by atomic mass is 10.3. The van der Waals surface area contributed by atoms with E-state index in [1.54, 1.807) is 17.6 Å². The molecule has 0 fully saturated rings. The molecule has 0 bridgehead atoms. The fraction of sp³-hybridized carbons (Fsp3) is 0.400. The zero-order chi connectivity index (χ0) is 10.6. The van der Waals surface area contributed by atoms with Gasteiger partial charge in [0.25, 0.3) is 5.82 Å². The number of nitrogens with zero attached hydrogens (tertiary/aromatic N) is 1.